The highest BCUT2D eigenvalue weighted by molar-refractivity contribution is 7.89. The molecule has 10 nitrogen and oxygen atoms in total. The van der Waals surface area contributed by atoms with Crippen LogP contribution in [0.2, 0.25) is 10.0 Å². The molecule has 0 unspecified atom stereocenters. The number of rotatable bonds is 9. The van der Waals surface area contributed by atoms with Crippen molar-refractivity contribution in [2.24, 2.45) is 5.73 Å². The fourth-order valence-corrected chi connectivity index (χ4v) is 5.54. The summed E-state index contributed by atoms with van der Waals surface area (Å²) < 4.78 is 27.1. The summed E-state index contributed by atoms with van der Waals surface area (Å²) >= 11 is 11.8. The number of carboxylic acid groups (broad SMARTS) is 1. The van der Waals surface area contributed by atoms with Crippen LogP contribution >= 0.6 is 23.2 Å². The Morgan fingerprint density at radius 3 is 2.50 bits per heavy atom. The Morgan fingerprint density at radius 2 is 1.93 bits per heavy atom. The number of nitrogens with two attached hydrogens (primary N) is 1. The minimum absolute atomic E-state index is 0.0880. The first-order chi connectivity index (χ1) is 14.0. The predicted molar refractivity (Wildman–Crippen MR) is 112 cm³/mol. The maximum absolute atomic E-state index is 13.0. The molecule has 0 spiro atoms. The van der Waals surface area contributed by atoms with Crippen molar-refractivity contribution < 1.29 is 23.1 Å². The number of halogens is 2. The number of hydrogen-bond acceptors (Lipinski definition) is 5. The van der Waals surface area contributed by atoms with Gasteiger partial charge in [-0.1, -0.05) is 23.2 Å². The van der Waals surface area contributed by atoms with Crippen molar-refractivity contribution in [3.63, 3.8) is 0 Å². The number of nitrogens with zero attached hydrogens (tertiary/aromatic N) is 1. The molecular formula is C17H23Cl2N5O5S. The third-order valence-electron chi connectivity index (χ3n) is 4.55. The van der Waals surface area contributed by atoms with Crippen molar-refractivity contribution in [3.8, 4) is 0 Å². The zero-order valence-electron chi connectivity index (χ0n) is 15.9. The van der Waals surface area contributed by atoms with E-state index in [1.807, 2.05) is 0 Å². The van der Waals surface area contributed by atoms with Crippen molar-refractivity contribution in [3.05, 3.63) is 28.2 Å². The second-order valence-corrected chi connectivity index (χ2v) is 9.52. The highest BCUT2D eigenvalue weighted by Crippen LogP contribution is 2.29. The van der Waals surface area contributed by atoms with E-state index in [2.05, 4.69) is 10.6 Å². The summed E-state index contributed by atoms with van der Waals surface area (Å²) in [4.78, 5) is 24.1. The number of nitrogens with one attached hydrogen (secondary N) is 3. The fourth-order valence-electron chi connectivity index (χ4n) is 3.16. The van der Waals surface area contributed by atoms with Gasteiger partial charge in [0.1, 0.15) is 12.1 Å². The van der Waals surface area contributed by atoms with Gasteiger partial charge >= 0.3 is 5.97 Å². The van der Waals surface area contributed by atoms with Gasteiger partial charge in [0.2, 0.25) is 15.9 Å². The van der Waals surface area contributed by atoms with Gasteiger partial charge in [-0.3, -0.25) is 10.2 Å². The van der Waals surface area contributed by atoms with Crippen LogP contribution in [0.1, 0.15) is 25.7 Å². The molecule has 0 aromatic heterocycles. The molecule has 1 aliphatic rings. The van der Waals surface area contributed by atoms with Gasteiger partial charge in [0.05, 0.1) is 4.90 Å². The number of carboxylic acids is 1. The summed E-state index contributed by atoms with van der Waals surface area (Å²) in [6, 6.07) is 1.66. The lowest BCUT2D eigenvalue weighted by Crippen LogP contribution is -2.51. The van der Waals surface area contributed by atoms with Gasteiger partial charge in [-0.05, 0) is 43.9 Å². The van der Waals surface area contributed by atoms with E-state index in [0.717, 1.165) is 4.31 Å². The monoisotopic (exact) mass is 479 g/mol. The number of hydrogen-bond donors (Lipinski definition) is 5. The number of amides is 1. The lowest BCUT2D eigenvalue weighted by molar-refractivity contribution is -0.142. The van der Waals surface area contributed by atoms with Crippen molar-refractivity contribution in [2.45, 2.75) is 42.7 Å². The van der Waals surface area contributed by atoms with Gasteiger partial charge in [0, 0.05) is 23.1 Å². The van der Waals surface area contributed by atoms with E-state index < -0.39 is 34.0 Å². The molecule has 0 radical (unpaired) electrons. The van der Waals surface area contributed by atoms with Crippen molar-refractivity contribution in [1.29, 1.82) is 5.41 Å². The summed E-state index contributed by atoms with van der Waals surface area (Å²) in [7, 11) is -4.06. The molecule has 0 saturated carbocycles. The van der Waals surface area contributed by atoms with Gasteiger partial charge in [-0.2, -0.15) is 4.31 Å². The number of aliphatic carboxylic acids is 1. The number of guanidine groups is 1. The lowest BCUT2D eigenvalue weighted by atomic mass is 10.1. The average Bonchev–Trinajstić information content (AvgIpc) is 3.13. The number of carbonyl (C=O) groups excluding carboxylic acids is 1. The van der Waals surface area contributed by atoms with Gasteiger partial charge in [0.15, 0.2) is 5.96 Å². The van der Waals surface area contributed by atoms with E-state index in [0.29, 0.717) is 12.8 Å². The molecular weight excluding hydrogens is 457 g/mol. The van der Waals surface area contributed by atoms with E-state index >= 15 is 0 Å². The van der Waals surface area contributed by atoms with E-state index in [9.17, 15) is 23.1 Å². The minimum atomic E-state index is -4.06. The highest BCUT2D eigenvalue weighted by atomic mass is 35.5. The Balaban J connectivity index is 2.11. The van der Waals surface area contributed by atoms with Crippen LogP contribution in [-0.4, -0.2) is 60.8 Å². The molecule has 0 bridgehead atoms. The summed E-state index contributed by atoms with van der Waals surface area (Å²) in [6.45, 7) is 0.388. The Labute approximate surface area is 184 Å². The quantitative estimate of drug-likeness (QED) is 0.200. The molecule has 1 aromatic rings. The second kappa shape index (κ2) is 10.3. The topological polar surface area (TPSA) is 166 Å². The SMILES string of the molecule is N=C(N)NCCC[C@H](NC(=O)[C@@H]1CCCN1S(=O)(=O)c1cc(Cl)cc(Cl)c1)C(=O)O. The molecule has 166 valence electrons. The van der Waals surface area contributed by atoms with Crippen molar-refractivity contribution in [2.75, 3.05) is 13.1 Å². The highest BCUT2D eigenvalue weighted by Gasteiger charge is 2.40. The van der Waals surface area contributed by atoms with E-state index in [-0.39, 0.29) is 46.8 Å². The zero-order chi connectivity index (χ0) is 22.5. The third-order valence-corrected chi connectivity index (χ3v) is 6.87. The molecule has 2 rings (SSSR count). The van der Waals surface area contributed by atoms with E-state index in [4.69, 9.17) is 34.3 Å². The number of benzene rings is 1. The van der Waals surface area contributed by atoms with Crippen LogP contribution in [0.4, 0.5) is 0 Å². The average molecular weight is 480 g/mol. The molecule has 1 aliphatic heterocycles. The molecule has 1 amide bonds. The maximum Gasteiger partial charge on any atom is 0.326 e. The minimum Gasteiger partial charge on any atom is -0.480 e. The first-order valence-electron chi connectivity index (χ1n) is 9.11. The van der Waals surface area contributed by atoms with Gasteiger partial charge in [-0.15, -0.1) is 0 Å². The van der Waals surface area contributed by atoms with Crippen LogP contribution in [0.15, 0.2) is 23.1 Å². The van der Waals surface area contributed by atoms with Crippen LogP contribution in [0.3, 0.4) is 0 Å². The zero-order valence-corrected chi connectivity index (χ0v) is 18.2. The predicted octanol–water partition coefficient (Wildman–Crippen LogP) is 0.979. The normalized spacial score (nSPS) is 18.0. The number of carbonyl (C=O) groups is 2. The molecule has 6 N–H and O–H groups in total. The maximum atomic E-state index is 13.0. The Hall–Kier alpha value is -2.08. The Bertz CT molecular complexity index is 907. The van der Waals surface area contributed by atoms with Gasteiger partial charge in [0.25, 0.3) is 0 Å². The van der Waals surface area contributed by atoms with Crippen LogP contribution in [0.5, 0.6) is 0 Å². The third kappa shape index (κ3) is 6.21. The van der Waals surface area contributed by atoms with E-state index in [1.54, 1.807) is 0 Å². The Morgan fingerprint density at radius 1 is 1.30 bits per heavy atom. The summed E-state index contributed by atoms with van der Waals surface area (Å²) in [5.41, 5.74) is 5.16. The van der Waals surface area contributed by atoms with Crippen LogP contribution in [-0.2, 0) is 19.6 Å². The molecule has 1 saturated heterocycles. The molecule has 2 atom stereocenters. The largest absolute Gasteiger partial charge is 0.480 e. The van der Waals surface area contributed by atoms with Gasteiger partial charge < -0.3 is 21.5 Å². The molecule has 1 aromatic carbocycles. The van der Waals surface area contributed by atoms with Crippen LogP contribution in [0.25, 0.3) is 0 Å². The fraction of sp³-hybridized carbons (Fsp3) is 0.471. The summed E-state index contributed by atoms with van der Waals surface area (Å²) in [6.07, 6.45) is 1.14. The Kier molecular flexibility index (Phi) is 8.30. The number of sulfonamides is 1. The first-order valence-corrected chi connectivity index (χ1v) is 11.3. The molecule has 30 heavy (non-hydrogen) atoms. The van der Waals surface area contributed by atoms with E-state index in [1.165, 1.54) is 18.2 Å². The van der Waals surface area contributed by atoms with Crippen LogP contribution in [0, 0.1) is 5.41 Å². The summed E-state index contributed by atoms with van der Waals surface area (Å²) in [5.74, 6) is -2.16. The van der Waals surface area contributed by atoms with Crippen molar-refractivity contribution >= 4 is 51.1 Å². The molecule has 1 heterocycles. The van der Waals surface area contributed by atoms with Crippen LogP contribution < -0.4 is 16.4 Å². The molecule has 0 aliphatic carbocycles. The first kappa shape index (κ1) is 24.2. The smallest absolute Gasteiger partial charge is 0.326 e. The van der Waals surface area contributed by atoms with Crippen molar-refractivity contribution in [1.82, 2.24) is 14.9 Å². The second-order valence-electron chi connectivity index (χ2n) is 6.76. The molecule has 13 heteroatoms. The standard InChI is InChI=1S/C17H23Cl2N5O5S/c18-10-7-11(19)9-12(8-10)30(28,29)24-6-2-4-14(24)15(25)23-13(16(26)27)3-1-5-22-17(20)21/h7-9,13-14H,1-6H2,(H,23,25)(H,26,27)(H4,20,21,22)/t13-,14-/m0/s1. The molecule has 1 fully saturated rings. The lowest BCUT2D eigenvalue weighted by Gasteiger charge is -2.25. The summed E-state index contributed by atoms with van der Waals surface area (Å²) in [5, 5.41) is 21.7. The van der Waals surface area contributed by atoms with Gasteiger partial charge in [-0.25, -0.2) is 13.2 Å².